The number of nitrogens with zero attached hydrogens (tertiary/aromatic N) is 3. The van der Waals surface area contributed by atoms with Gasteiger partial charge in [0, 0.05) is 24.3 Å². The van der Waals surface area contributed by atoms with Crippen molar-refractivity contribution in [1.29, 1.82) is 0 Å². The summed E-state index contributed by atoms with van der Waals surface area (Å²) in [5.41, 5.74) is 0.943. The number of urea groups is 1. The largest absolute Gasteiger partial charge is 0.336 e. The molecule has 3 N–H and O–H groups in total. The van der Waals surface area contributed by atoms with E-state index in [4.69, 9.17) is 0 Å². The van der Waals surface area contributed by atoms with Crippen molar-refractivity contribution in [2.75, 3.05) is 10.6 Å². The van der Waals surface area contributed by atoms with E-state index in [1.165, 1.54) is 0 Å². The zero-order chi connectivity index (χ0) is 17.0. The lowest BCUT2D eigenvalue weighted by Gasteiger charge is -2.11. The van der Waals surface area contributed by atoms with Crippen LogP contribution in [-0.4, -0.2) is 32.7 Å². The number of benzene rings is 1. The molecule has 0 unspecified atom stereocenters. The van der Waals surface area contributed by atoms with E-state index in [2.05, 4.69) is 26.1 Å². The lowest BCUT2D eigenvalue weighted by molar-refractivity contribution is 0.102. The average Bonchev–Trinajstić information content (AvgIpc) is 2.78. The first kappa shape index (κ1) is 16.5. The minimum Gasteiger partial charge on any atom is -0.336 e. The number of aryl methyl sites for hydroxylation is 1. The second-order valence-electron chi connectivity index (χ2n) is 5.42. The lowest BCUT2D eigenvalue weighted by atomic mass is 10.2. The van der Waals surface area contributed by atoms with E-state index in [9.17, 15) is 9.59 Å². The molecular weight excluding hydrogens is 296 g/mol. The SMILES string of the molecule is Cc1nnc(NC(=O)c2cccc(NC(=O)NC(C)C)c2)n1C. The molecule has 3 amide bonds. The molecule has 0 atom stereocenters. The molecule has 122 valence electrons. The summed E-state index contributed by atoms with van der Waals surface area (Å²) in [6.45, 7) is 5.53. The van der Waals surface area contributed by atoms with Gasteiger partial charge in [0.15, 0.2) is 0 Å². The van der Waals surface area contributed by atoms with Gasteiger partial charge in [0.2, 0.25) is 5.95 Å². The molecule has 1 aromatic carbocycles. The van der Waals surface area contributed by atoms with Gasteiger partial charge in [-0.1, -0.05) is 6.07 Å². The molecule has 0 spiro atoms. The van der Waals surface area contributed by atoms with Gasteiger partial charge in [-0.25, -0.2) is 4.79 Å². The molecule has 1 aromatic heterocycles. The highest BCUT2D eigenvalue weighted by Gasteiger charge is 2.12. The Labute approximate surface area is 134 Å². The maximum Gasteiger partial charge on any atom is 0.319 e. The number of rotatable bonds is 4. The molecule has 2 aromatic rings. The fourth-order valence-electron chi connectivity index (χ4n) is 1.86. The molecule has 0 saturated heterocycles. The number of nitrogens with one attached hydrogen (secondary N) is 3. The van der Waals surface area contributed by atoms with Crippen LogP contribution in [0.15, 0.2) is 24.3 Å². The summed E-state index contributed by atoms with van der Waals surface area (Å²) >= 11 is 0. The van der Waals surface area contributed by atoms with E-state index < -0.39 is 0 Å². The van der Waals surface area contributed by atoms with Crippen LogP contribution in [0.3, 0.4) is 0 Å². The Morgan fingerprint density at radius 3 is 2.52 bits per heavy atom. The van der Waals surface area contributed by atoms with Gasteiger partial charge in [-0.3, -0.25) is 10.1 Å². The van der Waals surface area contributed by atoms with E-state index in [0.29, 0.717) is 23.0 Å². The Bertz CT molecular complexity index is 723. The molecule has 1 heterocycles. The number of anilines is 2. The van der Waals surface area contributed by atoms with E-state index in [0.717, 1.165) is 0 Å². The molecule has 8 heteroatoms. The monoisotopic (exact) mass is 316 g/mol. The minimum absolute atomic E-state index is 0.0284. The van der Waals surface area contributed by atoms with Crippen molar-refractivity contribution in [3.05, 3.63) is 35.7 Å². The van der Waals surface area contributed by atoms with Gasteiger partial charge in [-0.2, -0.15) is 0 Å². The van der Waals surface area contributed by atoms with E-state index >= 15 is 0 Å². The Kier molecular flexibility index (Phi) is 4.95. The summed E-state index contributed by atoms with van der Waals surface area (Å²) in [5.74, 6) is 0.734. The maximum absolute atomic E-state index is 12.3. The second-order valence-corrected chi connectivity index (χ2v) is 5.42. The second kappa shape index (κ2) is 6.91. The van der Waals surface area contributed by atoms with Crippen molar-refractivity contribution < 1.29 is 9.59 Å². The van der Waals surface area contributed by atoms with Crippen LogP contribution in [0.1, 0.15) is 30.0 Å². The Morgan fingerprint density at radius 2 is 1.91 bits per heavy atom. The fourth-order valence-corrected chi connectivity index (χ4v) is 1.86. The average molecular weight is 316 g/mol. The zero-order valence-electron chi connectivity index (χ0n) is 13.5. The molecular formula is C15H20N6O2. The molecule has 2 rings (SSSR count). The van der Waals surface area contributed by atoms with Crippen molar-refractivity contribution in [3.63, 3.8) is 0 Å². The van der Waals surface area contributed by atoms with Crippen LogP contribution in [0.25, 0.3) is 0 Å². The number of carbonyl (C=O) groups is 2. The van der Waals surface area contributed by atoms with Crippen LogP contribution in [0, 0.1) is 6.92 Å². The summed E-state index contributed by atoms with van der Waals surface area (Å²) in [4.78, 5) is 24.0. The highest BCUT2D eigenvalue weighted by atomic mass is 16.2. The van der Waals surface area contributed by atoms with Crippen molar-refractivity contribution in [1.82, 2.24) is 20.1 Å². The molecule has 0 saturated carbocycles. The molecule has 0 aliphatic carbocycles. The number of amides is 3. The van der Waals surface area contributed by atoms with E-state index in [1.54, 1.807) is 42.8 Å². The summed E-state index contributed by atoms with van der Waals surface area (Å²) in [5, 5.41) is 15.9. The molecule has 8 nitrogen and oxygen atoms in total. The molecule has 0 fully saturated rings. The van der Waals surface area contributed by atoms with Crippen molar-refractivity contribution in [3.8, 4) is 0 Å². The fraction of sp³-hybridized carbons (Fsp3) is 0.333. The highest BCUT2D eigenvalue weighted by molar-refractivity contribution is 6.04. The van der Waals surface area contributed by atoms with Crippen LogP contribution in [0.2, 0.25) is 0 Å². The Hall–Kier alpha value is -2.90. The third kappa shape index (κ3) is 4.29. The van der Waals surface area contributed by atoms with Crippen LogP contribution in [0.5, 0.6) is 0 Å². The van der Waals surface area contributed by atoms with Crippen molar-refractivity contribution in [2.24, 2.45) is 7.05 Å². The van der Waals surface area contributed by atoms with Gasteiger partial charge >= 0.3 is 6.03 Å². The predicted molar refractivity (Wildman–Crippen MR) is 87.4 cm³/mol. The first-order valence-corrected chi connectivity index (χ1v) is 7.21. The van der Waals surface area contributed by atoms with Crippen LogP contribution >= 0.6 is 0 Å². The number of hydrogen-bond donors (Lipinski definition) is 3. The van der Waals surface area contributed by atoms with Crippen molar-refractivity contribution in [2.45, 2.75) is 26.8 Å². The molecule has 0 aliphatic rings. The normalized spacial score (nSPS) is 10.5. The van der Waals surface area contributed by atoms with Crippen LogP contribution in [0.4, 0.5) is 16.4 Å². The summed E-state index contributed by atoms with van der Waals surface area (Å²) in [6.07, 6.45) is 0. The highest BCUT2D eigenvalue weighted by Crippen LogP contribution is 2.13. The van der Waals surface area contributed by atoms with E-state index in [-0.39, 0.29) is 18.0 Å². The smallest absolute Gasteiger partial charge is 0.319 e. The van der Waals surface area contributed by atoms with Gasteiger partial charge in [-0.15, -0.1) is 10.2 Å². The van der Waals surface area contributed by atoms with E-state index in [1.807, 2.05) is 13.8 Å². The summed E-state index contributed by atoms with van der Waals surface area (Å²) in [7, 11) is 1.76. The van der Waals surface area contributed by atoms with Crippen molar-refractivity contribution >= 4 is 23.6 Å². The van der Waals surface area contributed by atoms with Crippen LogP contribution in [-0.2, 0) is 7.05 Å². The summed E-state index contributed by atoms with van der Waals surface area (Å²) < 4.78 is 1.68. The maximum atomic E-state index is 12.3. The minimum atomic E-state index is -0.326. The van der Waals surface area contributed by atoms with Gasteiger partial charge < -0.3 is 15.2 Å². The first-order valence-electron chi connectivity index (χ1n) is 7.21. The summed E-state index contributed by atoms with van der Waals surface area (Å²) in [6, 6.07) is 6.37. The molecule has 23 heavy (non-hydrogen) atoms. The van der Waals surface area contributed by atoms with Crippen LogP contribution < -0.4 is 16.0 Å². The first-order chi connectivity index (χ1) is 10.9. The van der Waals surface area contributed by atoms with Gasteiger partial charge in [0.1, 0.15) is 5.82 Å². The third-order valence-corrected chi connectivity index (χ3v) is 3.12. The lowest BCUT2D eigenvalue weighted by Crippen LogP contribution is -2.34. The molecule has 0 aliphatic heterocycles. The Morgan fingerprint density at radius 1 is 1.17 bits per heavy atom. The number of aromatic nitrogens is 3. The predicted octanol–water partition coefficient (Wildman–Crippen LogP) is 1.91. The molecule has 0 radical (unpaired) electrons. The topological polar surface area (TPSA) is 101 Å². The Balaban J connectivity index is 2.08. The van der Waals surface area contributed by atoms with Gasteiger partial charge in [0.25, 0.3) is 5.91 Å². The standard InChI is InChI=1S/C15H20N6O2/c1-9(2)16-15(23)17-12-7-5-6-11(8-12)13(22)18-14-20-19-10(3)21(14)4/h5-9H,1-4H3,(H2,16,17,23)(H,18,20,22). The van der Waals surface area contributed by atoms with Gasteiger partial charge in [0.05, 0.1) is 0 Å². The number of carbonyl (C=O) groups excluding carboxylic acids is 2. The quantitative estimate of drug-likeness (QED) is 0.802. The number of hydrogen-bond acceptors (Lipinski definition) is 4. The molecule has 0 bridgehead atoms. The van der Waals surface area contributed by atoms with Gasteiger partial charge in [-0.05, 0) is 39.0 Å². The third-order valence-electron chi connectivity index (χ3n) is 3.12. The zero-order valence-corrected chi connectivity index (χ0v) is 13.5.